The Kier molecular flexibility index (Phi) is 7.42. The molecular formula is C28H34N6S. The molecule has 3 heterocycles. The highest BCUT2D eigenvalue weighted by molar-refractivity contribution is 7.80. The highest BCUT2D eigenvalue weighted by Crippen LogP contribution is 2.28. The topological polar surface area (TPSA) is 56.3 Å². The number of nitrogens with one attached hydrogen (secondary N) is 2. The first kappa shape index (κ1) is 23.5. The van der Waals surface area contributed by atoms with Crippen LogP contribution in [0.2, 0.25) is 0 Å². The van der Waals surface area contributed by atoms with Gasteiger partial charge in [-0.25, -0.2) is 0 Å². The number of benzene rings is 2. The van der Waals surface area contributed by atoms with E-state index in [0.717, 1.165) is 44.2 Å². The molecule has 35 heavy (non-hydrogen) atoms. The molecule has 6 nitrogen and oxygen atoms in total. The van der Waals surface area contributed by atoms with Gasteiger partial charge in [-0.05, 0) is 55.1 Å². The zero-order valence-corrected chi connectivity index (χ0v) is 21.2. The van der Waals surface area contributed by atoms with E-state index in [1.54, 1.807) is 0 Å². The number of hydrogen-bond acceptors (Lipinski definition) is 5. The Hall–Kier alpha value is -3.19. The first-order valence-electron chi connectivity index (χ1n) is 12.7. The summed E-state index contributed by atoms with van der Waals surface area (Å²) in [7, 11) is 0. The van der Waals surface area contributed by atoms with Gasteiger partial charge in [0, 0.05) is 32.2 Å². The summed E-state index contributed by atoms with van der Waals surface area (Å²) in [5, 5.41) is 7.19. The summed E-state index contributed by atoms with van der Waals surface area (Å²) in [6.07, 6.45) is 6.00. The van der Waals surface area contributed by atoms with Crippen molar-refractivity contribution in [1.29, 1.82) is 0 Å². The molecule has 2 aliphatic rings. The Morgan fingerprint density at radius 3 is 2.23 bits per heavy atom. The van der Waals surface area contributed by atoms with Crippen LogP contribution in [0.5, 0.6) is 0 Å². The van der Waals surface area contributed by atoms with Gasteiger partial charge < -0.3 is 20.4 Å². The molecule has 0 spiro atoms. The summed E-state index contributed by atoms with van der Waals surface area (Å²) in [6, 6.07) is 21.3. The molecule has 1 saturated heterocycles. The predicted molar refractivity (Wildman–Crippen MR) is 148 cm³/mol. The highest BCUT2D eigenvalue weighted by atomic mass is 32.1. The molecule has 0 amide bonds. The largest absolute Gasteiger partial charge is 0.356 e. The van der Waals surface area contributed by atoms with Gasteiger partial charge in [-0.1, -0.05) is 67.4 Å². The van der Waals surface area contributed by atoms with Crippen molar-refractivity contribution >= 4 is 34.9 Å². The third-order valence-corrected chi connectivity index (χ3v) is 7.18. The molecule has 2 aromatic carbocycles. The van der Waals surface area contributed by atoms with Crippen LogP contribution in [0.4, 0.5) is 17.6 Å². The Balaban J connectivity index is 1.38. The lowest BCUT2D eigenvalue weighted by atomic mass is 10.00. The number of rotatable bonds is 5. The average Bonchev–Trinajstić information content (AvgIpc) is 3.18. The Morgan fingerprint density at radius 2 is 1.49 bits per heavy atom. The Bertz CT molecular complexity index is 1140. The molecule has 0 radical (unpaired) electrons. The van der Waals surface area contributed by atoms with Gasteiger partial charge in [-0.2, -0.15) is 9.97 Å². The van der Waals surface area contributed by atoms with Crippen LogP contribution in [0.15, 0.2) is 60.7 Å². The van der Waals surface area contributed by atoms with Crippen molar-refractivity contribution < 1.29 is 0 Å². The zero-order chi connectivity index (χ0) is 24.0. The van der Waals surface area contributed by atoms with Crippen molar-refractivity contribution in [2.45, 2.75) is 51.6 Å². The molecule has 1 atom stereocenters. The van der Waals surface area contributed by atoms with Gasteiger partial charge in [0.2, 0.25) is 5.95 Å². The van der Waals surface area contributed by atoms with Gasteiger partial charge in [-0.15, -0.1) is 0 Å². The van der Waals surface area contributed by atoms with Gasteiger partial charge in [0.05, 0.1) is 6.04 Å². The summed E-state index contributed by atoms with van der Waals surface area (Å²) in [5.41, 5.74) is 3.99. The first-order chi connectivity index (χ1) is 17.2. The average molecular weight is 487 g/mol. The molecule has 5 rings (SSSR count). The summed E-state index contributed by atoms with van der Waals surface area (Å²) in [5.74, 6) is 2.49. The van der Waals surface area contributed by atoms with Gasteiger partial charge in [0.1, 0.15) is 11.6 Å². The molecule has 1 fully saturated rings. The lowest BCUT2D eigenvalue weighted by Crippen LogP contribution is -2.34. The SMILES string of the molecule is C[C@H](NC(=S)Nc1nc(N2CCCCCC2)cc(N2CCc3ccccc3C2)n1)c1ccccc1. The second-order valence-electron chi connectivity index (χ2n) is 9.48. The monoisotopic (exact) mass is 486 g/mol. The maximum absolute atomic E-state index is 5.66. The minimum absolute atomic E-state index is 0.0862. The van der Waals surface area contributed by atoms with Gasteiger partial charge in [-0.3, -0.25) is 0 Å². The molecule has 7 heteroatoms. The number of aromatic nitrogens is 2. The van der Waals surface area contributed by atoms with E-state index in [2.05, 4.69) is 69.8 Å². The number of fused-ring (bicyclic) bond motifs is 1. The van der Waals surface area contributed by atoms with E-state index in [-0.39, 0.29) is 6.04 Å². The molecule has 2 N–H and O–H groups in total. The minimum atomic E-state index is 0.0862. The van der Waals surface area contributed by atoms with Crippen LogP contribution in [-0.4, -0.2) is 34.7 Å². The van der Waals surface area contributed by atoms with Crippen LogP contribution in [0, 0.1) is 0 Å². The predicted octanol–water partition coefficient (Wildman–Crippen LogP) is 5.47. The number of thiocarbonyl (C=S) groups is 1. The number of nitrogens with zero attached hydrogens (tertiary/aromatic N) is 4. The molecule has 0 bridgehead atoms. The third kappa shape index (κ3) is 5.90. The normalized spacial score (nSPS) is 16.7. The quantitative estimate of drug-likeness (QED) is 0.464. The van der Waals surface area contributed by atoms with E-state index in [1.165, 1.54) is 42.4 Å². The van der Waals surface area contributed by atoms with Crippen molar-refractivity contribution in [3.05, 3.63) is 77.4 Å². The fourth-order valence-corrected chi connectivity index (χ4v) is 5.22. The second-order valence-corrected chi connectivity index (χ2v) is 9.89. The van der Waals surface area contributed by atoms with Crippen molar-refractivity contribution in [3.8, 4) is 0 Å². The molecule has 182 valence electrons. The second kappa shape index (κ2) is 11.0. The summed E-state index contributed by atoms with van der Waals surface area (Å²) >= 11 is 5.66. The molecule has 3 aromatic rings. The van der Waals surface area contributed by atoms with Crippen molar-refractivity contribution in [2.24, 2.45) is 0 Å². The molecule has 0 unspecified atom stereocenters. The maximum atomic E-state index is 5.66. The van der Waals surface area contributed by atoms with Crippen molar-refractivity contribution in [3.63, 3.8) is 0 Å². The minimum Gasteiger partial charge on any atom is -0.356 e. The molecule has 0 aliphatic carbocycles. The molecular weight excluding hydrogens is 452 g/mol. The number of anilines is 3. The fourth-order valence-electron chi connectivity index (χ4n) is 4.95. The van der Waals surface area contributed by atoms with Crippen LogP contribution >= 0.6 is 12.2 Å². The van der Waals surface area contributed by atoms with Crippen molar-refractivity contribution in [1.82, 2.24) is 15.3 Å². The zero-order valence-electron chi connectivity index (χ0n) is 20.4. The van der Waals surface area contributed by atoms with Gasteiger partial charge in [0.15, 0.2) is 5.11 Å². The summed E-state index contributed by atoms with van der Waals surface area (Å²) < 4.78 is 0. The van der Waals surface area contributed by atoms with Gasteiger partial charge in [0.25, 0.3) is 0 Å². The Labute approximate surface area is 213 Å². The van der Waals surface area contributed by atoms with Gasteiger partial charge >= 0.3 is 0 Å². The van der Waals surface area contributed by atoms with Crippen LogP contribution in [-0.2, 0) is 13.0 Å². The van der Waals surface area contributed by atoms with E-state index in [1.807, 2.05) is 18.2 Å². The maximum Gasteiger partial charge on any atom is 0.232 e. The van der Waals surface area contributed by atoms with Crippen LogP contribution < -0.4 is 20.4 Å². The highest BCUT2D eigenvalue weighted by Gasteiger charge is 2.21. The lowest BCUT2D eigenvalue weighted by Gasteiger charge is -2.31. The third-order valence-electron chi connectivity index (χ3n) is 6.96. The Morgan fingerprint density at radius 1 is 0.829 bits per heavy atom. The first-order valence-corrected chi connectivity index (χ1v) is 13.1. The summed E-state index contributed by atoms with van der Waals surface area (Å²) in [6.45, 7) is 5.98. The van der Waals surface area contributed by atoms with E-state index in [4.69, 9.17) is 22.2 Å². The standard InChI is InChI=1S/C28H34N6S/c1-21(22-11-5-4-6-12-22)29-28(35)32-27-30-25(33-16-9-2-3-10-17-33)19-26(31-27)34-18-15-23-13-7-8-14-24(23)20-34/h4-8,11-14,19,21H,2-3,9-10,15-18,20H2,1H3,(H2,29,30,31,32,35)/t21-/m0/s1. The van der Waals surface area contributed by atoms with E-state index < -0.39 is 0 Å². The number of hydrogen-bond donors (Lipinski definition) is 2. The smallest absolute Gasteiger partial charge is 0.232 e. The van der Waals surface area contributed by atoms with Crippen molar-refractivity contribution in [2.75, 3.05) is 34.8 Å². The molecule has 0 saturated carbocycles. The fraction of sp³-hybridized carbons (Fsp3) is 0.393. The van der Waals surface area contributed by atoms with E-state index in [0.29, 0.717) is 11.1 Å². The van der Waals surface area contributed by atoms with Crippen LogP contribution in [0.25, 0.3) is 0 Å². The summed E-state index contributed by atoms with van der Waals surface area (Å²) in [4.78, 5) is 14.6. The van der Waals surface area contributed by atoms with Crippen LogP contribution in [0.1, 0.15) is 55.3 Å². The van der Waals surface area contributed by atoms with E-state index in [9.17, 15) is 0 Å². The van der Waals surface area contributed by atoms with E-state index >= 15 is 0 Å². The van der Waals surface area contributed by atoms with Crippen LogP contribution in [0.3, 0.4) is 0 Å². The lowest BCUT2D eigenvalue weighted by molar-refractivity contribution is 0.714. The molecule has 1 aromatic heterocycles. The molecule has 2 aliphatic heterocycles.